The van der Waals surface area contributed by atoms with E-state index in [4.69, 9.17) is 0 Å². The highest BCUT2D eigenvalue weighted by Crippen LogP contribution is 2.33. The van der Waals surface area contributed by atoms with Crippen molar-refractivity contribution in [1.82, 2.24) is 5.32 Å². The Bertz CT molecular complexity index is 432. The molecule has 6 heteroatoms. The van der Waals surface area contributed by atoms with Crippen molar-refractivity contribution in [1.29, 1.82) is 0 Å². The number of hydrogen-bond donors (Lipinski definition) is 1. The van der Waals surface area contributed by atoms with Crippen molar-refractivity contribution in [2.24, 2.45) is 5.92 Å². The fourth-order valence-electron chi connectivity index (χ4n) is 1.86. The van der Waals surface area contributed by atoms with Gasteiger partial charge in [-0.25, -0.2) is 0 Å². The van der Waals surface area contributed by atoms with Gasteiger partial charge in [0.15, 0.2) is 0 Å². The average Bonchev–Trinajstić information content (AvgIpc) is 2.38. The molecule has 0 heterocycles. The minimum Gasteiger partial charge on any atom is -0.468 e. The number of hydrogen-bond acceptors (Lipinski definition) is 3. The number of ether oxygens (including phenoxy) is 1. The molecule has 0 bridgehead atoms. The summed E-state index contributed by atoms with van der Waals surface area (Å²) in [6.45, 7) is 3.32. The maximum absolute atomic E-state index is 13.2. The van der Waals surface area contributed by atoms with Gasteiger partial charge in [-0.1, -0.05) is 44.2 Å². The van der Waals surface area contributed by atoms with E-state index < -0.39 is 24.2 Å². The third-order valence-electron chi connectivity index (χ3n) is 2.93. The molecule has 2 atom stereocenters. The predicted molar refractivity (Wildman–Crippen MR) is 69.0 cm³/mol. The molecule has 0 spiro atoms. The van der Waals surface area contributed by atoms with E-state index in [1.54, 1.807) is 19.9 Å². The molecule has 20 heavy (non-hydrogen) atoms. The molecule has 1 N–H and O–H groups in total. The zero-order valence-corrected chi connectivity index (χ0v) is 11.6. The fraction of sp³-hybridized carbons (Fsp3) is 0.500. The van der Waals surface area contributed by atoms with Crippen LogP contribution in [0, 0.1) is 5.92 Å². The lowest BCUT2D eigenvalue weighted by molar-refractivity contribution is -0.165. The van der Waals surface area contributed by atoms with Crippen LogP contribution < -0.4 is 5.32 Å². The van der Waals surface area contributed by atoms with E-state index in [1.165, 1.54) is 24.3 Å². The molecule has 0 aliphatic carbocycles. The first kappa shape index (κ1) is 16.5. The van der Waals surface area contributed by atoms with E-state index in [-0.39, 0.29) is 11.5 Å². The van der Waals surface area contributed by atoms with Crippen LogP contribution in [0.3, 0.4) is 0 Å². The summed E-state index contributed by atoms with van der Waals surface area (Å²) in [6.07, 6.45) is -4.50. The molecule has 1 rings (SSSR count). The second kappa shape index (κ2) is 6.74. The summed E-state index contributed by atoms with van der Waals surface area (Å²) < 4.78 is 44.1. The summed E-state index contributed by atoms with van der Waals surface area (Å²) in [4.78, 5) is 11.6. The van der Waals surface area contributed by atoms with E-state index in [9.17, 15) is 18.0 Å². The summed E-state index contributed by atoms with van der Waals surface area (Å²) in [5.74, 6) is -1.03. The summed E-state index contributed by atoms with van der Waals surface area (Å²) in [7, 11) is 1.16. The number of carbonyl (C=O) groups excluding carboxylic acids is 1. The molecule has 3 nitrogen and oxygen atoms in total. The van der Waals surface area contributed by atoms with Crippen molar-refractivity contribution in [3.63, 3.8) is 0 Å². The zero-order valence-electron chi connectivity index (χ0n) is 11.6. The normalized spacial score (nSPS) is 14.9. The van der Waals surface area contributed by atoms with Crippen molar-refractivity contribution in [3.8, 4) is 0 Å². The number of halogens is 3. The Balaban J connectivity index is 3.04. The highest BCUT2D eigenvalue weighted by Gasteiger charge is 2.43. The minimum atomic E-state index is -4.50. The highest BCUT2D eigenvalue weighted by atomic mass is 19.4. The molecule has 0 aliphatic rings. The van der Waals surface area contributed by atoms with Gasteiger partial charge in [-0.3, -0.25) is 10.1 Å². The Kier molecular flexibility index (Phi) is 5.56. The summed E-state index contributed by atoms with van der Waals surface area (Å²) in [6, 6.07) is 4.51. The summed E-state index contributed by atoms with van der Waals surface area (Å²) in [5, 5.41) is 2.36. The molecular formula is C14H18F3NO2. The maximum Gasteiger partial charge on any atom is 0.407 e. The third-order valence-corrected chi connectivity index (χ3v) is 2.93. The average molecular weight is 289 g/mol. The second-order valence-electron chi connectivity index (χ2n) is 4.80. The molecule has 1 unspecified atom stereocenters. The lowest BCUT2D eigenvalue weighted by Crippen LogP contribution is -2.47. The van der Waals surface area contributed by atoms with Gasteiger partial charge in [0, 0.05) is 0 Å². The molecule has 1 aromatic rings. The predicted octanol–water partition coefficient (Wildman–Crippen LogP) is 3.08. The number of nitrogens with one attached hydrogen (secondary N) is 1. The second-order valence-corrected chi connectivity index (χ2v) is 4.80. The Labute approximate surface area is 116 Å². The number of methoxy groups -OCH3 is 1. The molecule has 1 aromatic carbocycles. The number of carbonyl (C=O) groups is 1. The standard InChI is InChI=1S/C14H18F3NO2/c1-9(2)11(13(19)20-3)18-12(14(15,16)17)10-7-5-4-6-8-10/h4-9,11-12,18H,1-3H3/t11?,12-/m0/s1. The Hall–Kier alpha value is -1.56. The Morgan fingerprint density at radius 2 is 1.75 bits per heavy atom. The molecule has 0 saturated heterocycles. The molecule has 0 amide bonds. The van der Waals surface area contributed by atoms with Gasteiger partial charge in [0.1, 0.15) is 12.1 Å². The van der Waals surface area contributed by atoms with Gasteiger partial charge in [0.05, 0.1) is 7.11 Å². The summed E-state index contributed by atoms with van der Waals surface area (Å²) in [5.41, 5.74) is 0.0644. The minimum absolute atomic E-state index is 0.0644. The zero-order chi connectivity index (χ0) is 15.3. The van der Waals surface area contributed by atoms with E-state index in [0.717, 1.165) is 7.11 Å². The maximum atomic E-state index is 13.2. The van der Waals surface area contributed by atoms with Gasteiger partial charge in [-0.15, -0.1) is 0 Å². The SMILES string of the molecule is COC(=O)C(N[C@@H](c1ccccc1)C(F)(F)F)C(C)C. The van der Waals surface area contributed by atoms with Crippen LogP contribution in [0.2, 0.25) is 0 Å². The number of esters is 1. The van der Waals surface area contributed by atoms with Crippen molar-refractivity contribution in [2.45, 2.75) is 32.1 Å². The van der Waals surface area contributed by atoms with Crippen LogP contribution >= 0.6 is 0 Å². The first-order valence-corrected chi connectivity index (χ1v) is 6.23. The van der Waals surface area contributed by atoms with Crippen LogP contribution in [0.1, 0.15) is 25.5 Å². The van der Waals surface area contributed by atoms with E-state index in [2.05, 4.69) is 10.1 Å². The van der Waals surface area contributed by atoms with Gasteiger partial charge in [-0.05, 0) is 11.5 Å². The number of alkyl halides is 3. The van der Waals surface area contributed by atoms with Crippen LogP contribution in [0.25, 0.3) is 0 Å². The van der Waals surface area contributed by atoms with E-state index in [0.29, 0.717) is 0 Å². The molecule has 112 valence electrons. The first-order valence-electron chi connectivity index (χ1n) is 6.23. The largest absolute Gasteiger partial charge is 0.468 e. The lowest BCUT2D eigenvalue weighted by Gasteiger charge is -2.28. The molecule has 0 fully saturated rings. The van der Waals surface area contributed by atoms with Gasteiger partial charge < -0.3 is 4.74 Å². The summed E-state index contributed by atoms with van der Waals surface area (Å²) >= 11 is 0. The van der Waals surface area contributed by atoms with Crippen LogP contribution in [-0.2, 0) is 9.53 Å². The number of benzene rings is 1. The number of rotatable bonds is 5. The smallest absolute Gasteiger partial charge is 0.407 e. The molecule has 0 radical (unpaired) electrons. The Morgan fingerprint density at radius 3 is 2.15 bits per heavy atom. The van der Waals surface area contributed by atoms with Crippen molar-refractivity contribution < 1.29 is 22.7 Å². The topological polar surface area (TPSA) is 38.3 Å². The first-order chi connectivity index (χ1) is 9.27. The molecule has 0 saturated carbocycles. The van der Waals surface area contributed by atoms with Crippen molar-refractivity contribution in [2.75, 3.05) is 7.11 Å². The molecule has 0 aromatic heterocycles. The van der Waals surface area contributed by atoms with Crippen LogP contribution in [0.4, 0.5) is 13.2 Å². The third kappa shape index (κ3) is 4.23. The van der Waals surface area contributed by atoms with Crippen LogP contribution in [-0.4, -0.2) is 25.3 Å². The van der Waals surface area contributed by atoms with E-state index >= 15 is 0 Å². The van der Waals surface area contributed by atoms with Gasteiger partial charge in [-0.2, -0.15) is 13.2 Å². The van der Waals surface area contributed by atoms with Crippen LogP contribution in [0.15, 0.2) is 30.3 Å². The monoisotopic (exact) mass is 289 g/mol. The van der Waals surface area contributed by atoms with Gasteiger partial charge >= 0.3 is 12.1 Å². The van der Waals surface area contributed by atoms with Crippen LogP contribution in [0.5, 0.6) is 0 Å². The fourth-order valence-corrected chi connectivity index (χ4v) is 1.86. The molecule has 0 aliphatic heterocycles. The van der Waals surface area contributed by atoms with Crippen molar-refractivity contribution >= 4 is 5.97 Å². The lowest BCUT2D eigenvalue weighted by atomic mass is 10.00. The highest BCUT2D eigenvalue weighted by molar-refractivity contribution is 5.76. The quantitative estimate of drug-likeness (QED) is 0.847. The van der Waals surface area contributed by atoms with E-state index in [1.807, 2.05) is 0 Å². The molecular weight excluding hydrogens is 271 g/mol. The van der Waals surface area contributed by atoms with Crippen molar-refractivity contribution in [3.05, 3.63) is 35.9 Å². The Morgan fingerprint density at radius 1 is 1.20 bits per heavy atom. The van der Waals surface area contributed by atoms with Gasteiger partial charge in [0.25, 0.3) is 0 Å². The van der Waals surface area contributed by atoms with Gasteiger partial charge in [0.2, 0.25) is 0 Å².